The molecule has 32 heavy (non-hydrogen) atoms. The van der Waals surface area contributed by atoms with Crippen molar-refractivity contribution in [3.8, 4) is 5.75 Å². The Kier molecular flexibility index (Phi) is 8.32. The summed E-state index contributed by atoms with van der Waals surface area (Å²) in [5.74, 6) is 0.888. The highest BCUT2D eigenvalue weighted by Crippen LogP contribution is 2.19. The van der Waals surface area contributed by atoms with Gasteiger partial charge in [-0.1, -0.05) is 72.8 Å². The second kappa shape index (κ2) is 11.8. The molecule has 0 aliphatic carbocycles. The summed E-state index contributed by atoms with van der Waals surface area (Å²) < 4.78 is 5.94. The summed E-state index contributed by atoms with van der Waals surface area (Å²) >= 11 is 0. The molecule has 0 radical (unpaired) electrons. The first kappa shape index (κ1) is 22.5. The third kappa shape index (κ3) is 6.67. The van der Waals surface area contributed by atoms with E-state index in [1.54, 1.807) is 0 Å². The lowest BCUT2D eigenvalue weighted by molar-refractivity contribution is 0.212. The minimum absolute atomic E-state index is 0.0581. The molecule has 1 fully saturated rings. The number of ether oxygens (including phenoxy) is 1. The molecule has 0 aromatic heterocycles. The van der Waals surface area contributed by atoms with Gasteiger partial charge in [-0.05, 0) is 61.2 Å². The molecule has 2 N–H and O–H groups in total. The van der Waals surface area contributed by atoms with Crippen molar-refractivity contribution in [1.82, 2.24) is 10.2 Å². The zero-order valence-electron chi connectivity index (χ0n) is 18.7. The summed E-state index contributed by atoms with van der Waals surface area (Å²) in [5.41, 5.74) is 3.58. The van der Waals surface area contributed by atoms with Crippen molar-refractivity contribution in [3.63, 3.8) is 0 Å². The average molecular weight is 431 g/mol. The van der Waals surface area contributed by atoms with E-state index in [0.29, 0.717) is 6.61 Å². The number of likely N-dealkylation sites (tertiary alicyclic amines) is 1. The van der Waals surface area contributed by atoms with Crippen LogP contribution in [0.15, 0.2) is 84.9 Å². The molecular weight excluding hydrogens is 396 g/mol. The molecule has 2 atom stereocenters. The Bertz CT molecular complexity index is 909. The van der Waals surface area contributed by atoms with Crippen LogP contribution in [0, 0.1) is 0 Å². The van der Waals surface area contributed by atoms with Gasteiger partial charge in [-0.25, -0.2) is 0 Å². The van der Waals surface area contributed by atoms with E-state index in [9.17, 15) is 5.11 Å². The fourth-order valence-corrected chi connectivity index (χ4v) is 4.42. The van der Waals surface area contributed by atoms with E-state index in [4.69, 9.17) is 4.74 Å². The van der Waals surface area contributed by atoms with Crippen molar-refractivity contribution in [2.45, 2.75) is 38.0 Å². The average Bonchev–Trinajstić information content (AvgIpc) is 3.36. The van der Waals surface area contributed by atoms with Crippen LogP contribution < -0.4 is 10.1 Å². The first-order valence-electron chi connectivity index (χ1n) is 11.7. The molecule has 1 saturated heterocycles. The Morgan fingerprint density at radius 3 is 2.12 bits per heavy atom. The topological polar surface area (TPSA) is 44.7 Å². The van der Waals surface area contributed by atoms with E-state index < -0.39 is 0 Å². The monoisotopic (exact) mass is 430 g/mol. The van der Waals surface area contributed by atoms with Crippen LogP contribution in [0.25, 0.3) is 0 Å². The molecule has 0 bridgehead atoms. The first-order chi connectivity index (χ1) is 15.8. The van der Waals surface area contributed by atoms with E-state index in [1.807, 2.05) is 36.4 Å². The molecule has 3 aromatic carbocycles. The molecule has 3 aromatic rings. The maximum atomic E-state index is 10.1. The summed E-state index contributed by atoms with van der Waals surface area (Å²) in [5, 5.41) is 13.8. The van der Waals surface area contributed by atoms with Gasteiger partial charge in [-0.3, -0.25) is 0 Å². The van der Waals surface area contributed by atoms with Crippen LogP contribution in [-0.4, -0.2) is 42.3 Å². The Labute approximate surface area is 191 Å². The van der Waals surface area contributed by atoms with Gasteiger partial charge in [0.2, 0.25) is 0 Å². The molecule has 1 heterocycles. The number of rotatable bonds is 11. The van der Waals surface area contributed by atoms with Gasteiger partial charge in [-0.2, -0.15) is 0 Å². The second-order valence-corrected chi connectivity index (χ2v) is 8.64. The van der Waals surface area contributed by atoms with Gasteiger partial charge in [0.1, 0.15) is 12.4 Å². The van der Waals surface area contributed by atoms with Gasteiger partial charge in [0.25, 0.3) is 0 Å². The predicted octanol–water partition coefficient (Wildman–Crippen LogP) is 4.60. The molecule has 4 rings (SSSR count). The fourth-order valence-electron chi connectivity index (χ4n) is 4.42. The molecule has 1 aliphatic heterocycles. The minimum atomic E-state index is -0.0581. The Balaban J connectivity index is 1.39. The van der Waals surface area contributed by atoms with Crippen molar-refractivity contribution in [3.05, 3.63) is 102 Å². The summed E-state index contributed by atoms with van der Waals surface area (Å²) in [4.78, 5) is 2.54. The van der Waals surface area contributed by atoms with Crippen molar-refractivity contribution >= 4 is 0 Å². The number of nitrogens with zero attached hydrogens (tertiary/aromatic N) is 1. The van der Waals surface area contributed by atoms with E-state index in [2.05, 4.69) is 58.7 Å². The minimum Gasteiger partial charge on any atom is -0.489 e. The molecule has 1 aliphatic rings. The molecule has 0 amide bonds. The van der Waals surface area contributed by atoms with Crippen LogP contribution in [0.3, 0.4) is 0 Å². The fraction of sp³-hybridized carbons (Fsp3) is 0.357. The standard InChI is InChI=1S/C28H34N2O2/c31-21-28(25-11-5-2-6-12-25)29-26(20-30-17-7-8-18-30)19-23-13-15-27(16-14-23)32-22-24-9-3-1-4-10-24/h1-6,9-16,26,28-29,31H,7-8,17-22H2/t26-,28?/m0/s1. The van der Waals surface area contributed by atoms with E-state index in [1.165, 1.54) is 37.1 Å². The Morgan fingerprint density at radius 2 is 1.47 bits per heavy atom. The summed E-state index contributed by atoms with van der Waals surface area (Å²) in [7, 11) is 0. The summed E-state index contributed by atoms with van der Waals surface area (Å²) in [6, 6.07) is 29.1. The van der Waals surface area contributed by atoms with Crippen molar-refractivity contribution in [1.29, 1.82) is 0 Å². The molecule has 1 unspecified atom stereocenters. The van der Waals surface area contributed by atoms with Gasteiger partial charge in [0.15, 0.2) is 0 Å². The normalized spacial score (nSPS) is 16.0. The van der Waals surface area contributed by atoms with E-state index >= 15 is 0 Å². The third-order valence-corrected chi connectivity index (χ3v) is 6.15. The number of hydrogen-bond acceptors (Lipinski definition) is 4. The first-order valence-corrected chi connectivity index (χ1v) is 11.7. The van der Waals surface area contributed by atoms with Crippen LogP contribution in [0.4, 0.5) is 0 Å². The lowest BCUT2D eigenvalue weighted by atomic mass is 10.0. The smallest absolute Gasteiger partial charge is 0.119 e. The largest absolute Gasteiger partial charge is 0.489 e. The van der Waals surface area contributed by atoms with Gasteiger partial charge in [-0.15, -0.1) is 0 Å². The number of benzene rings is 3. The lowest BCUT2D eigenvalue weighted by Gasteiger charge is -2.29. The molecule has 0 spiro atoms. The molecule has 4 heteroatoms. The van der Waals surface area contributed by atoms with E-state index in [-0.39, 0.29) is 18.7 Å². The van der Waals surface area contributed by atoms with Crippen molar-refractivity contribution in [2.75, 3.05) is 26.2 Å². The van der Waals surface area contributed by atoms with Crippen LogP contribution >= 0.6 is 0 Å². The van der Waals surface area contributed by atoms with Crippen LogP contribution in [0.5, 0.6) is 5.75 Å². The number of aliphatic hydroxyl groups is 1. The quantitative estimate of drug-likeness (QED) is 0.467. The highest BCUT2D eigenvalue weighted by atomic mass is 16.5. The van der Waals surface area contributed by atoms with Crippen molar-refractivity contribution < 1.29 is 9.84 Å². The Morgan fingerprint density at radius 1 is 0.812 bits per heavy atom. The Hall–Kier alpha value is -2.66. The highest BCUT2D eigenvalue weighted by Gasteiger charge is 2.21. The highest BCUT2D eigenvalue weighted by molar-refractivity contribution is 5.28. The second-order valence-electron chi connectivity index (χ2n) is 8.64. The van der Waals surface area contributed by atoms with Crippen LogP contribution in [-0.2, 0) is 13.0 Å². The number of aliphatic hydroxyl groups excluding tert-OH is 1. The molecule has 4 nitrogen and oxygen atoms in total. The van der Waals surface area contributed by atoms with Gasteiger partial charge >= 0.3 is 0 Å². The molecular formula is C28H34N2O2. The third-order valence-electron chi connectivity index (χ3n) is 6.15. The number of nitrogens with one attached hydrogen (secondary N) is 1. The maximum absolute atomic E-state index is 10.1. The molecule has 168 valence electrons. The van der Waals surface area contributed by atoms with Crippen LogP contribution in [0.2, 0.25) is 0 Å². The zero-order valence-corrected chi connectivity index (χ0v) is 18.7. The SMILES string of the molecule is OCC(N[C@@H](Cc1ccc(OCc2ccccc2)cc1)CN1CCCC1)c1ccccc1. The van der Waals surface area contributed by atoms with Gasteiger partial charge in [0.05, 0.1) is 12.6 Å². The zero-order chi connectivity index (χ0) is 22.0. The molecule has 0 saturated carbocycles. The summed E-state index contributed by atoms with van der Waals surface area (Å²) in [6.07, 6.45) is 3.48. The van der Waals surface area contributed by atoms with Crippen LogP contribution in [0.1, 0.15) is 35.6 Å². The summed E-state index contributed by atoms with van der Waals surface area (Å²) in [6.45, 7) is 4.00. The van der Waals surface area contributed by atoms with Crippen molar-refractivity contribution in [2.24, 2.45) is 0 Å². The lowest BCUT2D eigenvalue weighted by Crippen LogP contribution is -2.44. The maximum Gasteiger partial charge on any atom is 0.119 e. The van der Waals surface area contributed by atoms with Gasteiger partial charge < -0.3 is 20.1 Å². The number of hydrogen-bond donors (Lipinski definition) is 2. The predicted molar refractivity (Wildman–Crippen MR) is 130 cm³/mol. The van der Waals surface area contributed by atoms with E-state index in [0.717, 1.165) is 24.3 Å². The van der Waals surface area contributed by atoms with Gasteiger partial charge in [0, 0.05) is 12.6 Å².